The molecule has 3 aromatic rings. The first-order chi connectivity index (χ1) is 13.1. The van der Waals surface area contributed by atoms with Crippen LogP contribution in [0.5, 0.6) is 0 Å². The molecule has 1 aromatic carbocycles. The summed E-state index contributed by atoms with van der Waals surface area (Å²) < 4.78 is 3.93. The van der Waals surface area contributed by atoms with Crippen LogP contribution in [-0.2, 0) is 37.9 Å². The molecule has 3 heterocycles. The Morgan fingerprint density at radius 2 is 2.14 bits per heavy atom. The second kappa shape index (κ2) is 8.75. The van der Waals surface area contributed by atoms with Gasteiger partial charge in [-0.1, -0.05) is 11.6 Å². The number of halogens is 1. The third kappa shape index (κ3) is 4.36. The molecule has 0 bridgehead atoms. The molecular formula is C20H27ClN6O. The molecule has 0 radical (unpaired) electrons. The minimum atomic E-state index is 0. The molecule has 0 aliphatic carbocycles. The minimum Gasteiger partial charge on any atom is -0.350 e. The Hall–Kier alpha value is -2.38. The third-order valence-corrected chi connectivity index (χ3v) is 5.09. The van der Waals surface area contributed by atoms with E-state index >= 15 is 0 Å². The lowest BCUT2D eigenvalue weighted by Gasteiger charge is -2.03. The van der Waals surface area contributed by atoms with Gasteiger partial charge in [0.05, 0.1) is 29.1 Å². The van der Waals surface area contributed by atoms with Crippen molar-refractivity contribution in [1.29, 1.82) is 0 Å². The van der Waals surface area contributed by atoms with Crippen molar-refractivity contribution in [2.75, 3.05) is 6.54 Å². The van der Waals surface area contributed by atoms with E-state index in [4.69, 9.17) is 0 Å². The first-order valence-electron chi connectivity index (χ1n) is 9.55. The summed E-state index contributed by atoms with van der Waals surface area (Å²) in [7, 11) is 1.93. The first kappa shape index (κ1) is 20.4. The molecule has 28 heavy (non-hydrogen) atoms. The van der Waals surface area contributed by atoms with Crippen molar-refractivity contribution >= 4 is 29.2 Å². The number of benzene rings is 1. The van der Waals surface area contributed by atoms with Crippen molar-refractivity contribution in [1.82, 2.24) is 30.2 Å². The molecule has 2 aromatic heterocycles. The molecule has 2 N–H and O–H groups in total. The summed E-state index contributed by atoms with van der Waals surface area (Å²) in [4.78, 5) is 12.3. The highest BCUT2D eigenvalue weighted by atomic mass is 35.5. The molecule has 4 rings (SSSR count). The molecule has 150 valence electrons. The zero-order valence-corrected chi connectivity index (χ0v) is 17.2. The van der Waals surface area contributed by atoms with Gasteiger partial charge in [0.1, 0.15) is 0 Å². The second-order valence-electron chi connectivity index (χ2n) is 7.25. The summed E-state index contributed by atoms with van der Waals surface area (Å²) in [6.45, 7) is 5.34. The molecule has 0 spiro atoms. The van der Waals surface area contributed by atoms with Crippen LogP contribution in [0.2, 0.25) is 0 Å². The third-order valence-electron chi connectivity index (χ3n) is 5.09. The summed E-state index contributed by atoms with van der Waals surface area (Å²) in [5, 5.41) is 16.7. The van der Waals surface area contributed by atoms with Gasteiger partial charge in [0.25, 0.3) is 0 Å². The average molecular weight is 403 g/mol. The fourth-order valence-corrected chi connectivity index (χ4v) is 3.64. The minimum absolute atomic E-state index is 0. The lowest BCUT2D eigenvalue weighted by atomic mass is 10.1. The van der Waals surface area contributed by atoms with Crippen LogP contribution in [0.3, 0.4) is 0 Å². The quantitative estimate of drug-likeness (QED) is 0.686. The van der Waals surface area contributed by atoms with E-state index in [0.717, 1.165) is 48.3 Å². The number of nitrogens with one attached hydrogen (secondary N) is 2. The normalized spacial score (nSPS) is 13.6. The molecule has 7 nitrogen and oxygen atoms in total. The van der Waals surface area contributed by atoms with Crippen molar-refractivity contribution in [2.45, 2.75) is 45.8 Å². The van der Waals surface area contributed by atoms with Gasteiger partial charge in [-0.3, -0.25) is 14.2 Å². The fourth-order valence-electron chi connectivity index (χ4n) is 3.64. The molecular weight excluding hydrogens is 376 g/mol. The zero-order chi connectivity index (χ0) is 18.8. The van der Waals surface area contributed by atoms with Crippen molar-refractivity contribution in [2.24, 2.45) is 7.05 Å². The van der Waals surface area contributed by atoms with E-state index in [0.29, 0.717) is 19.4 Å². The van der Waals surface area contributed by atoms with Crippen LogP contribution >= 0.6 is 12.4 Å². The lowest BCUT2D eigenvalue weighted by Crippen LogP contribution is -2.23. The van der Waals surface area contributed by atoms with Crippen molar-refractivity contribution < 1.29 is 4.79 Å². The van der Waals surface area contributed by atoms with Gasteiger partial charge >= 0.3 is 0 Å². The fraction of sp³-hybridized carbons (Fsp3) is 0.450. The van der Waals surface area contributed by atoms with Gasteiger partial charge in [-0.2, -0.15) is 10.2 Å². The zero-order valence-electron chi connectivity index (χ0n) is 16.4. The summed E-state index contributed by atoms with van der Waals surface area (Å²) in [6, 6.07) is 8.38. The van der Waals surface area contributed by atoms with Crippen LogP contribution < -0.4 is 10.6 Å². The Balaban J connectivity index is 0.00000225. The topological polar surface area (TPSA) is 76.8 Å². The largest absolute Gasteiger partial charge is 0.350 e. The number of amides is 1. The van der Waals surface area contributed by atoms with Gasteiger partial charge in [0.15, 0.2) is 0 Å². The molecule has 8 heteroatoms. The SMILES string of the molecule is Cc1ccc2c(c1)c(CNC(=O)CCc1cc3n(n1)CCCNC3)nn2C.Cl. The summed E-state index contributed by atoms with van der Waals surface area (Å²) in [5.41, 5.74) is 5.38. The highest BCUT2D eigenvalue weighted by Crippen LogP contribution is 2.19. The predicted molar refractivity (Wildman–Crippen MR) is 111 cm³/mol. The number of carbonyl (C=O) groups excluding carboxylic acids is 1. The molecule has 0 fully saturated rings. The Kier molecular flexibility index (Phi) is 6.36. The van der Waals surface area contributed by atoms with E-state index in [1.165, 1.54) is 11.3 Å². The Bertz CT molecular complexity index is 953. The van der Waals surface area contributed by atoms with Crippen molar-refractivity contribution in [3.05, 3.63) is 46.9 Å². The van der Waals surface area contributed by atoms with Gasteiger partial charge in [-0.15, -0.1) is 12.4 Å². The van der Waals surface area contributed by atoms with E-state index in [-0.39, 0.29) is 18.3 Å². The van der Waals surface area contributed by atoms with E-state index in [2.05, 4.69) is 56.7 Å². The Morgan fingerprint density at radius 3 is 3.00 bits per heavy atom. The summed E-state index contributed by atoms with van der Waals surface area (Å²) in [6.07, 6.45) is 2.19. The lowest BCUT2D eigenvalue weighted by molar-refractivity contribution is -0.121. The van der Waals surface area contributed by atoms with Gasteiger partial charge in [-0.25, -0.2) is 0 Å². The molecule has 1 aliphatic rings. The molecule has 0 atom stereocenters. The Morgan fingerprint density at radius 1 is 1.29 bits per heavy atom. The number of aryl methyl sites for hydroxylation is 4. The van der Waals surface area contributed by atoms with Crippen LogP contribution in [0.25, 0.3) is 10.9 Å². The Labute approximate surface area is 170 Å². The van der Waals surface area contributed by atoms with E-state index in [1.54, 1.807) is 0 Å². The number of rotatable bonds is 5. The van der Waals surface area contributed by atoms with Crippen LogP contribution in [0.4, 0.5) is 0 Å². The maximum Gasteiger partial charge on any atom is 0.220 e. The van der Waals surface area contributed by atoms with E-state index in [9.17, 15) is 4.79 Å². The first-order valence-corrected chi connectivity index (χ1v) is 9.55. The number of fused-ring (bicyclic) bond motifs is 2. The number of hydrogen-bond acceptors (Lipinski definition) is 4. The molecule has 0 saturated carbocycles. The number of carbonyl (C=O) groups is 1. The van der Waals surface area contributed by atoms with Crippen molar-refractivity contribution in [3.63, 3.8) is 0 Å². The average Bonchev–Trinajstić information content (AvgIpc) is 3.10. The van der Waals surface area contributed by atoms with Gasteiger partial charge in [-0.05, 0) is 38.1 Å². The molecule has 1 amide bonds. The highest BCUT2D eigenvalue weighted by molar-refractivity contribution is 5.85. The number of nitrogens with zero attached hydrogens (tertiary/aromatic N) is 4. The summed E-state index contributed by atoms with van der Waals surface area (Å²) >= 11 is 0. The number of aromatic nitrogens is 4. The second-order valence-corrected chi connectivity index (χ2v) is 7.25. The number of hydrogen-bond donors (Lipinski definition) is 2. The van der Waals surface area contributed by atoms with Crippen LogP contribution in [-0.4, -0.2) is 32.0 Å². The smallest absolute Gasteiger partial charge is 0.220 e. The maximum absolute atomic E-state index is 12.3. The van der Waals surface area contributed by atoms with Gasteiger partial charge in [0.2, 0.25) is 5.91 Å². The highest BCUT2D eigenvalue weighted by Gasteiger charge is 2.13. The van der Waals surface area contributed by atoms with Crippen LogP contribution in [0.1, 0.15) is 35.5 Å². The van der Waals surface area contributed by atoms with Crippen LogP contribution in [0, 0.1) is 6.92 Å². The van der Waals surface area contributed by atoms with Crippen molar-refractivity contribution in [3.8, 4) is 0 Å². The van der Waals surface area contributed by atoms with Gasteiger partial charge in [0, 0.05) is 38.4 Å². The molecule has 0 saturated heterocycles. The summed E-state index contributed by atoms with van der Waals surface area (Å²) in [5.74, 6) is 0.0303. The van der Waals surface area contributed by atoms with Crippen LogP contribution in [0.15, 0.2) is 24.3 Å². The van der Waals surface area contributed by atoms with E-state index < -0.39 is 0 Å². The van der Waals surface area contributed by atoms with E-state index in [1.807, 2.05) is 11.7 Å². The maximum atomic E-state index is 12.3. The monoisotopic (exact) mass is 402 g/mol. The molecule has 1 aliphatic heterocycles. The van der Waals surface area contributed by atoms with Gasteiger partial charge < -0.3 is 10.6 Å². The standard InChI is InChI=1S/C20H26N6O.ClH/c1-14-4-6-19-17(10-14)18(24-25(19)2)13-22-20(27)7-5-15-11-16-12-21-8-3-9-26(16)23-15;/h4,6,10-11,21H,3,5,7-9,12-13H2,1-2H3,(H,22,27);1H. The predicted octanol–water partition coefficient (Wildman–Crippen LogP) is 2.24. The molecule has 0 unspecified atom stereocenters.